The molecule has 2 aromatic rings. The fourth-order valence-corrected chi connectivity index (χ4v) is 2.88. The zero-order valence-corrected chi connectivity index (χ0v) is 15.2. The number of rotatable bonds is 7. The standard InChI is InChI=1S/C17H19Br2NO/c1-2-20-11-17(13-7-5-8-15(18)10-13)21-12-14-6-3-4-9-16(14)19/h3-10,17,20H,2,11-12H2,1H3. The Kier molecular flexibility index (Phi) is 6.90. The van der Waals surface area contributed by atoms with Gasteiger partial charge in [0.2, 0.25) is 0 Å². The van der Waals surface area contributed by atoms with Crippen LogP contribution in [0.25, 0.3) is 0 Å². The first kappa shape index (κ1) is 16.7. The lowest BCUT2D eigenvalue weighted by Gasteiger charge is -2.19. The summed E-state index contributed by atoms with van der Waals surface area (Å²) >= 11 is 7.09. The molecule has 2 rings (SSSR count). The van der Waals surface area contributed by atoms with E-state index in [4.69, 9.17) is 4.74 Å². The first-order chi connectivity index (χ1) is 10.2. The van der Waals surface area contributed by atoms with Crippen LogP contribution in [0, 0.1) is 0 Å². The molecule has 0 aliphatic heterocycles. The van der Waals surface area contributed by atoms with Crippen LogP contribution in [0.5, 0.6) is 0 Å². The number of nitrogens with one attached hydrogen (secondary N) is 1. The van der Waals surface area contributed by atoms with Crippen molar-refractivity contribution in [3.63, 3.8) is 0 Å². The summed E-state index contributed by atoms with van der Waals surface area (Å²) in [6.45, 7) is 4.43. The fourth-order valence-electron chi connectivity index (χ4n) is 2.06. The van der Waals surface area contributed by atoms with E-state index in [1.165, 1.54) is 5.56 Å². The molecule has 2 aromatic carbocycles. The zero-order chi connectivity index (χ0) is 15.1. The molecule has 0 radical (unpaired) electrons. The van der Waals surface area contributed by atoms with Crippen LogP contribution in [-0.4, -0.2) is 13.1 Å². The molecule has 1 N–H and O–H groups in total. The third-order valence-electron chi connectivity index (χ3n) is 3.20. The van der Waals surface area contributed by atoms with Gasteiger partial charge in [0.1, 0.15) is 0 Å². The lowest BCUT2D eigenvalue weighted by molar-refractivity contribution is 0.0398. The summed E-state index contributed by atoms with van der Waals surface area (Å²) in [7, 11) is 0. The lowest BCUT2D eigenvalue weighted by Crippen LogP contribution is -2.23. The van der Waals surface area contributed by atoms with Crippen molar-refractivity contribution in [3.05, 3.63) is 68.6 Å². The van der Waals surface area contributed by atoms with Crippen molar-refractivity contribution >= 4 is 31.9 Å². The van der Waals surface area contributed by atoms with Crippen molar-refractivity contribution in [3.8, 4) is 0 Å². The molecule has 0 aromatic heterocycles. The number of hydrogen-bond acceptors (Lipinski definition) is 2. The van der Waals surface area contributed by atoms with Crippen LogP contribution in [-0.2, 0) is 11.3 Å². The van der Waals surface area contributed by atoms with Gasteiger partial charge in [-0.15, -0.1) is 0 Å². The Morgan fingerprint density at radius 2 is 1.90 bits per heavy atom. The van der Waals surface area contributed by atoms with Gasteiger partial charge >= 0.3 is 0 Å². The van der Waals surface area contributed by atoms with E-state index >= 15 is 0 Å². The largest absolute Gasteiger partial charge is 0.367 e. The van der Waals surface area contributed by atoms with E-state index in [9.17, 15) is 0 Å². The number of likely N-dealkylation sites (N-methyl/N-ethyl adjacent to an activating group) is 1. The van der Waals surface area contributed by atoms with Gasteiger partial charge in [0.15, 0.2) is 0 Å². The molecule has 0 amide bonds. The summed E-state index contributed by atoms with van der Waals surface area (Å²) < 4.78 is 8.30. The molecule has 4 heteroatoms. The summed E-state index contributed by atoms with van der Waals surface area (Å²) in [6.07, 6.45) is 0.0366. The number of benzene rings is 2. The minimum Gasteiger partial charge on any atom is -0.367 e. The highest BCUT2D eigenvalue weighted by Crippen LogP contribution is 2.24. The maximum atomic E-state index is 6.14. The Bertz CT molecular complexity index is 574. The smallest absolute Gasteiger partial charge is 0.0954 e. The lowest BCUT2D eigenvalue weighted by atomic mass is 10.1. The topological polar surface area (TPSA) is 21.3 Å². The monoisotopic (exact) mass is 411 g/mol. The van der Waals surface area contributed by atoms with E-state index < -0.39 is 0 Å². The van der Waals surface area contributed by atoms with E-state index in [2.05, 4.69) is 62.3 Å². The van der Waals surface area contributed by atoms with Crippen LogP contribution in [0.4, 0.5) is 0 Å². The van der Waals surface area contributed by atoms with E-state index in [0.29, 0.717) is 6.61 Å². The Morgan fingerprint density at radius 3 is 2.62 bits per heavy atom. The third-order valence-corrected chi connectivity index (χ3v) is 4.46. The minimum atomic E-state index is 0.0366. The predicted octanol–water partition coefficient (Wildman–Crippen LogP) is 5.08. The molecule has 0 saturated carbocycles. The molecule has 0 aliphatic carbocycles. The second kappa shape index (κ2) is 8.69. The van der Waals surface area contributed by atoms with Crippen LogP contribution in [0.1, 0.15) is 24.2 Å². The van der Waals surface area contributed by atoms with Crippen molar-refractivity contribution in [2.45, 2.75) is 19.6 Å². The van der Waals surface area contributed by atoms with Gasteiger partial charge in [-0.3, -0.25) is 0 Å². The molecular weight excluding hydrogens is 394 g/mol. The first-order valence-corrected chi connectivity index (χ1v) is 8.60. The Hall–Kier alpha value is -0.680. The highest BCUT2D eigenvalue weighted by atomic mass is 79.9. The van der Waals surface area contributed by atoms with Crippen molar-refractivity contribution in [1.29, 1.82) is 0 Å². The summed E-state index contributed by atoms with van der Waals surface area (Å²) in [6, 6.07) is 16.4. The van der Waals surface area contributed by atoms with E-state index in [1.54, 1.807) is 0 Å². The van der Waals surface area contributed by atoms with Crippen molar-refractivity contribution in [1.82, 2.24) is 5.32 Å². The number of ether oxygens (including phenoxy) is 1. The molecular formula is C17H19Br2NO. The zero-order valence-electron chi connectivity index (χ0n) is 12.0. The number of hydrogen-bond donors (Lipinski definition) is 1. The van der Waals surface area contributed by atoms with Gasteiger partial charge < -0.3 is 10.1 Å². The molecule has 0 heterocycles. The first-order valence-electron chi connectivity index (χ1n) is 7.02. The van der Waals surface area contributed by atoms with Crippen molar-refractivity contribution in [2.24, 2.45) is 0 Å². The average molecular weight is 413 g/mol. The fraction of sp³-hybridized carbons (Fsp3) is 0.294. The maximum Gasteiger partial charge on any atom is 0.0954 e. The Balaban J connectivity index is 2.08. The van der Waals surface area contributed by atoms with E-state index in [1.807, 2.05) is 30.3 Å². The van der Waals surface area contributed by atoms with Crippen LogP contribution in [0.15, 0.2) is 57.5 Å². The summed E-state index contributed by atoms with van der Waals surface area (Å²) in [5, 5.41) is 3.37. The quantitative estimate of drug-likeness (QED) is 0.684. The van der Waals surface area contributed by atoms with Gasteiger partial charge in [0.05, 0.1) is 12.7 Å². The molecule has 1 unspecified atom stereocenters. The molecule has 0 fully saturated rings. The third kappa shape index (κ3) is 5.22. The average Bonchev–Trinajstić information content (AvgIpc) is 2.49. The van der Waals surface area contributed by atoms with Gasteiger partial charge in [-0.25, -0.2) is 0 Å². The van der Waals surface area contributed by atoms with Crippen molar-refractivity contribution in [2.75, 3.05) is 13.1 Å². The predicted molar refractivity (Wildman–Crippen MR) is 94.4 cm³/mol. The molecule has 21 heavy (non-hydrogen) atoms. The molecule has 112 valence electrons. The Morgan fingerprint density at radius 1 is 1.10 bits per heavy atom. The molecule has 1 atom stereocenters. The van der Waals surface area contributed by atoms with Crippen molar-refractivity contribution < 1.29 is 4.74 Å². The van der Waals surface area contributed by atoms with Gasteiger partial charge in [0.25, 0.3) is 0 Å². The van der Waals surface area contributed by atoms with Gasteiger partial charge in [-0.2, -0.15) is 0 Å². The number of halogens is 2. The second-order valence-electron chi connectivity index (χ2n) is 4.75. The van der Waals surface area contributed by atoms with E-state index in [0.717, 1.165) is 27.6 Å². The van der Waals surface area contributed by atoms with E-state index in [-0.39, 0.29) is 6.10 Å². The van der Waals surface area contributed by atoms with Gasteiger partial charge in [0, 0.05) is 15.5 Å². The second-order valence-corrected chi connectivity index (χ2v) is 6.52. The van der Waals surface area contributed by atoms with Crippen LogP contribution in [0.2, 0.25) is 0 Å². The highest BCUT2D eigenvalue weighted by molar-refractivity contribution is 9.10. The Labute approximate surface area is 143 Å². The van der Waals surface area contributed by atoms with Crippen LogP contribution in [0.3, 0.4) is 0 Å². The van der Waals surface area contributed by atoms with Crippen LogP contribution < -0.4 is 5.32 Å². The SMILES string of the molecule is CCNCC(OCc1ccccc1Br)c1cccc(Br)c1. The summed E-state index contributed by atoms with van der Waals surface area (Å²) in [4.78, 5) is 0. The summed E-state index contributed by atoms with van der Waals surface area (Å²) in [5.74, 6) is 0. The molecule has 2 nitrogen and oxygen atoms in total. The van der Waals surface area contributed by atoms with Crippen LogP contribution >= 0.6 is 31.9 Å². The molecule has 0 aliphatic rings. The summed E-state index contributed by atoms with van der Waals surface area (Å²) in [5.41, 5.74) is 2.34. The van der Waals surface area contributed by atoms with Gasteiger partial charge in [-0.05, 0) is 35.9 Å². The molecule has 0 bridgehead atoms. The molecule has 0 saturated heterocycles. The minimum absolute atomic E-state index is 0.0366. The highest BCUT2D eigenvalue weighted by Gasteiger charge is 2.13. The maximum absolute atomic E-state index is 6.14. The normalized spacial score (nSPS) is 12.3. The van der Waals surface area contributed by atoms with Gasteiger partial charge in [-0.1, -0.05) is 69.1 Å². The molecule has 0 spiro atoms.